The summed E-state index contributed by atoms with van der Waals surface area (Å²) in [5.74, 6) is -0.155. The molecule has 0 saturated heterocycles. The molecule has 2 N–H and O–H groups in total. The Labute approximate surface area is 141 Å². The van der Waals surface area contributed by atoms with Crippen LogP contribution in [-0.4, -0.2) is 28.4 Å². The molecule has 0 aliphatic rings. The number of amides is 1. The number of aryl methyl sites for hydroxylation is 1. The number of hydrogen-bond acceptors (Lipinski definition) is 3. The number of rotatable bonds is 7. The number of aromatic nitrogens is 1. The third-order valence-electron chi connectivity index (χ3n) is 3.59. The molecule has 2 rings (SSSR count). The van der Waals surface area contributed by atoms with Crippen molar-refractivity contribution in [2.24, 2.45) is 7.05 Å². The molecule has 1 atom stereocenters. The molecular weight excluding hydrogens is 308 g/mol. The van der Waals surface area contributed by atoms with Gasteiger partial charge in [-0.25, -0.2) is 0 Å². The summed E-state index contributed by atoms with van der Waals surface area (Å²) < 4.78 is 1.88. The lowest BCUT2D eigenvalue weighted by Crippen LogP contribution is -2.23. The van der Waals surface area contributed by atoms with Crippen LogP contribution in [0.1, 0.15) is 23.8 Å². The van der Waals surface area contributed by atoms with Crippen molar-refractivity contribution in [3.63, 3.8) is 0 Å². The number of benzene rings is 1. The van der Waals surface area contributed by atoms with Gasteiger partial charge in [-0.05, 0) is 48.6 Å². The van der Waals surface area contributed by atoms with E-state index in [-0.39, 0.29) is 5.91 Å². The van der Waals surface area contributed by atoms with E-state index in [9.17, 15) is 9.90 Å². The molecule has 0 aliphatic carbocycles. The zero-order valence-electron chi connectivity index (χ0n) is 13.4. The van der Waals surface area contributed by atoms with E-state index in [2.05, 4.69) is 5.32 Å². The monoisotopic (exact) mass is 330 g/mol. The van der Waals surface area contributed by atoms with Crippen molar-refractivity contribution in [2.45, 2.75) is 17.4 Å². The number of aliphatic hydroxyl groups is 1. The molecule has 23 heavy (non-hydrogen) atoms. The van der Waals surface area contributed by atoms with Crippen molar-refractivity contribution in [1.82, 2.24) is 9.88 Å². The van der Waals surface area contributed by atoms with Gasteiger partial charge in [0.1, 0.15) is 0 Å². The van der Waals surface area contributed by atoms with Crippen molar-refractivity contribution in [3.8, 4) is 0 Å². The SMILES string of the molecule is CSc1ccc(/C=C/C(=O)NCC[C@@H](O)c2cccn2C)cc1. The highest BCUT2D eigenvalue weighted by atomic mass is 32.2. The van der Waals surface area contributed by atoms with Crippen LogP contribution in [0.3, 0.4) is 0 Å². The summed E-state index contributed by atoms with van der Waals surface area (Å²) in [4.78, 5) is 13.0. The molecule has 5 heteroatoms. The van der Waals surface area contributed by atoms with Crippen molar-refractivity contribution in [3.05, 3.63) is 59.9 Å². The average Bonchev–Trinajstić information content (AvgIpc) is 2.99. The first-order valence-electron chi connectivity index (χ1n) is 7.49. The van der Waals surface area contributed by atoms with Crippen molar-refractivity contribution >= 4 is 23.7 Å². The van der Waals surface area contributed by atoms with Crippen molar-refractivity contribution < 1.29 is 9.90 Å². The van der Waals surface area contributed by atoms with Gasteiger partial charge in [-0.15, -0.1) is 11.8 Å². The molecule has 0 spiro atoms. The first-order chi connectivity index (χ1) is 11.1. The van der Waals surface area contributed by atoms with E-state index in [1.165, 1.54) is 11.0 Å². The second kappa shape index (κ2) is 8.60. The van der Waals surface area contributed by atoms with Gasteiger partial charge in [0.2, 0.25) is 5.91 Å². The van der Waals surface area contributed by atoms with Crippen LogP contribution in [0.2, 0.25) is 0 Å². The lowest BCUT2D eigenvalue weighted by atomic mass is 10.2. The zero-order chi connectivity index (χ0) is 16.7. The standard InChI is InChI=1S/C18H22N2O2S/c1-20-13-3-4-16(20)17(21)11-12-19-18(22)10-7-14-5-8-15(23-2)9-6-14/h3-10,13,17,21H,11-12H2,1-2H3,(H,19,22)/b10-7+/t17-/m1/s1. The van der Waals surface area contributed by atoms with Gasteiger partial charge in [0.15, 0.2) is 0 Å². The summed E-state index contributed by atoms with van der Waals surface area (Å²) in [7, 11) is 1.89. The van der Waals surface area contributed by atoms with Crippen LogP contribution in [-0.2, 0) is 11.8 Å². The molecular formula is C18H22N2O2S. The highest BCUT2D eigenvalue weighted by Gasteiger charge is 2.10. The van der Waals surface area contributed by atoms with E-state index >= 15 is 0 Å². The van der Waals surface area contributed by atoms with Crippen molar-refractivity contribution in [1.29, 1.82) is 0 Å². The quantitative estimate of drug-likeness (QED) is 0.606. The van der Waals surface area contributed by atoms with Crippen molar-refractivity contribution in [2.75, 3.05) is 12.8 Å². The number of carbonyl (C=O) groups excluding carboxylic acids is 1. The molecule has 1 aromatic carbocycles. The van der Waals surface area contributed by atoms with Gasteiger partial charge in [-0.3, -0.25) is 4.79 Å². The summed E-state index contributed by atoms with van der Waals surface area (Å²) in [5, 5.41) is 12.9. The Morgan fingerprint density at radius 2 is 2.09 bits per heavy atom. The molecule has 2 aromatic rings. The minimum atomic E-state index is -0.571. The van der Waals surface area contributed by atoms with Crippen LogP contribution in [0.25, 0.3) is 6.08 Å². The maximum atomic E-state index is 11.8. The second-order valence-corrected chi connectivity index (χ2v) is 6.13. The summed E-state index contributed by atoms with van der Waals surface area (Å²) in [6, 6.07) is 11.8. The van der Waals surface area contributed by atoms with Crippen LogP contribution in [0.4, 0.5) is 0 Å². The normalized spacial score (nSPS) is 12.5. The molecule has 1 amide bonds. The first-order valence-corrected chi connectivity index (χ1v) is 8.72. The van der Waals surface area contributed by atoms with Crippen LogP contribution >= 0.6 is 11.8 Å². The number of aliphatic hydroxyl groups excluding tert-OH is 1. The molecule has 0 aliphatic heterocycles. The maximum absolute atomic E-state index is 11.8. The maximum Gasteiger partial charge on any atom is 0.244 e. The predicted molar refractivity (Wildman–Crippen MR) is 95.3 cm³/mol. The largest absolute Gasteiger partial charge is 0.387 e. The minimum absolute atomic E-state index is 0.155. The predicted octanol–water partition coefficient (Wildman–Crippen LogP) is 3.00. The molecule has 4 nitrogen and oxygen atoms in total. The fraction of sp³-hybridized carbons (Fsp3) is 0.278. The number of thioether (sulfide) groups is 1. The molecule has 0 radical (unpaired) electrons. The van der Waals surface area contributed by atoms with Gasteiger partial charge < -0.3 is 15.0 Å². The minimum Gasteiger partial charge on any atom is -0.387 e. The van der Waals surface area contributed by atoms with Crippen LogP contribution in [0, 0.1) is 0 Å². The smallest absolute Gasteiger partial charge is 0.244 e. The van der Waals surface area contributed by atoms with E-state index in [1.807, 2.05) is 60.5 Å². The highest BCUT2D eigenvalue weighted by Crippen LogP contribution is 2.16. The van der Waals surface area contributed by atoms with Crippen LogP contribution in [0.15, 0.2) is 53.6 Å². The Balaban J connectivity index is 1.76. The Hall–Kier alpha value is -1.98. The second-order valence-electron chi connectivity index (χ2n) is 5.25. The number of carbonyl (C=O) groups is 1. The molecule has 1 heterocycles. The molecule has 0 bridgehead atoms. The van der Waals surface area contributed by atoms with Gasteiger partial charge in [-0.1, -0.05) is 12.1 Å². The van der Waals surface area contributed by atoms with E-state index in [1.54, 1.807) is 17.8 Å². The highest BCUT2D eigenvalue weighted by molar-refractivity contribution is 7.98. The summed E-state index contributed by atoms with van der Waals surface area (Å²) in [5.41, 5.74) is 1.84. The van der Waals surface area contributed by atoms with E-state index in [0.717, 1.165) is 11.3 Å². The van der Waals surface area contributed by atoms with E-state index in [4.69, 9.17) is 0 Å². The van der Waals surface area contributed by atoms with Gasteiger partial charge in [0.25, 0.3) is 0 Å². The number of nitrogens with zero attached hydrogens (tertiary/aromatic N) is 1. The third kappa shape index (κ3) is 5.30. The van der Waals surface area contributed by atoms with Crippen LogP contribution in [0.5, 0.6) is 0 Å². The molecule has 0 fully saturated rings. The fourth-order valence-electron chi connectivity index (χ4n) is 2.25. The van der Waals surface area contributed by atoms with Gasteiger partial charge >= 0.3 is 0 Å². The lowest BCUT2D eigenvalue weighted by Gasteiger charge is -2.12. The summed E-state index contributed by atoms with van der Waals surface area (Å²) >= 11 is 1.69. The number of hydrogen-bond donors (Lipinski definition) is 2. The van der Waals surface area contributed by atoms with E-state index in [0.29, 0.717) is 13.0 Å². The summed E-state index contributed by atoms with van der Waals surface area (Å²) in [6.45, 7) is 0.431. The fourth-order valence-corrected chi connectivity index (χ4v) is 2.65. The molecule has 0 saturated carbocycles. The Bertz CT molecular complexity index is 662. The Morgan fingerprint density at radius 3 is 2.70 bits per heavy atom. The third-order valence-corrected chi connectivity index (χ3v) is 4.33. The van der Waals surface area contributed by atoms with E-state index < -0.39 is 6.10 Å². The lowest BCUT2D eigenvalue weighted by molar-refractivity contribution is -0.116. The molecule has 122 valence electrons. The topological polar surface area (TPSA) is 54.3 Å². The molecule has 1 aromatic heterocycles. The van der Waals surface area contributed by atoms with Gasteiger partial charge in [-0.2, -0.15) is 0 Å². The van der Waals surface area contributed by atoms with Gasteiger partial charge in [0.05, 0.1) is 6.10 Å². The average molecular weight is 330 g/mol. The molecule has 0 unspecified atom stereocenters. The van der Waals surface area contributed by atoms with Gasteiger partial charge in [0, 0.05) is 36.5 Å². The summed E-state index contributed by atoms with van der Waals surface area (Å²) in [6.07, 6.45) is 7.14. The number of nitrogens with one attached hydrogen (secondary N) is 1. The first kappa shape index (κ1) is 17.4. The zero-order valence-corrected chi connectivity index (χ0v) is 14.2. The Morgan fingerprint density at radius 1 is 1.35 bits per heavy atom. The van der Waals surface area contributed by atoms with Crippen LogP contribution < -0.4 is 5.32 Å². The Kier molecular flexibility index (Phi) is 6.50.